The van der Waals surface area contributed by atoms with Crippen molar-refractivity contribution in [3.05, 3.63) is 34.4 Å². The number of benzene rings is 1. The molecule has 0 radical (unpaired) electrons. The fourth-order valence-corrected chi connectivity index (χ4v) is 1.75. The van der Waals surface area contributed by atoms with Gasteiger partial charge < -0.3 is 0 Å². The van der Waals surface area contributed by atoms with Crippen LogP contribution in [0.2, 0.25) is 0 Å². The number of nitro benzene ring substituents is 1. The van der Waals surface area contributed by atoms with E-state index >= 15 is 0 Å². The number of amidine groups is 1. The Labute approximate surface area is 87.0 Å². The summed E-state index contributed by atoms with van der Waals surface area (Å²) < 4.78 is 1.99. The maximum Gasteiger partial charge on any atom is 0.269 e. The van der Waals surface area contributed by atoms with Crippen molar-refractivity contribution in [3.63, 3.8) is 0 Å². The number of hydrogen-bond donors (Lipinski definition) is 1. The Bertz CT molecular complexity index is 423. The molecule has 0 fully saturated rings. The summed E-state index contributed by atoms with van der Waals surface area (Å²) in [6.07, 6.45) is 1.94. The molecule has 2 N–H and O–H groups in total. The molecule has 1 aliphatic heterocycles. The molecule has 5 nitrogen and oxygen atoms in total. The highest BCUT2D eigenvalue weighted by Crippen LogP contribution is 2.20. The summed E-state index contributed by atoms with van der Waals surface area (Å²) in [4.78, 5) is 10.1. The Balaban J connectivity index is 2.31. The van der Waals surface area contributed by atoms with Gasteiger partial charge in [-0.25, -0.2) is 4.58 Å². The zero-order chi connectivity index (χ0) is 10.8. The van der Waals surface area contributed by atoms with Gasteiger partial charge in [0.2, 0.25) is 5.84 Å². The molecule has 2 rings (SSSR count). The van der Waals surface area contributed by atoms with Gasteiger partial charge in [0.25, 0.3) is 5.69 Å². The first kappa shape index (κ1) is 9.64. The number of nitrogens with two attached hydrogens (primary N) is 1. The summed E-state index contributed by atoms with van der Waals surface area (Å²) in [5, 5.41) is 10.5. The molecule has 1 aliphatic rings. The standard InChI is InChI=1S/C10H11N3O2/c11-10-2-1-7-12(10)8-3-5-9(6-4-8)13(14)15/h3-6,11H,1-2,7H2/p+1. The molecule has 0 aliphatic carbocycles. The average molecular weight is 206 g/mol. The second-order valence-electron chi connectivity index (χ2n) is 3.52. The van der Waals surface area contributed by atoms with Gasteiger partial charge in [0.1, 0.15) is 5.69 Å². The van der Waals surface area contributed by atoms with E-state index in [-0.39, 0.29) is 5.69 Å². The van der Waals surface area contributed by atoms with Gasteiger partial charge in [0.05, 0.1) is 17.9 Å². The van der Waals surface area contributed by atoms with Crippen molar-refractivity contribution in [2.45, 2.75) is 12.8 Å². The first-order valence-corrected chi connectivity index (χ1v) is 4.82. The molecule has 0 saturated heterocycles. The molecule has 1 heterocycles. The van der Waals surface area contributed by atoms with Crippen LogP contribution in [0.5, 0.6) is 0 Å². The maximum absolute atomic E-state index is 10.5. The van der Waals surface area contributed by atoms with E-state index < -0.39 is 4.92 Å². The van der Waals surface area contributed by atoms with Crippen molar-refractivity contribution in [3.8, 4) is 0 Å². The molecule has 1 aromatic carbocycles. The Kier molecular flexibility index (Phi) is 2.37. The predicted octanol–water partition coefficient (Wildman–Crippen LogP) is 1.39. The molecule has 0 atom stereocenters. The SMILES string of the molecule is NC1=[N+](c2ccc([N+](=O)[O-])cc2)CCC1. The van der Waals surface area contributed by atoms with Crippen LogP contribution < -0.4 is 5.73 Å². The number of non-ortho nitro benzene ring substituents is 1. The lowest BCUT2D eigenvalue weighted by molar-refractivity contribution is -0.432. The van der Waals surface area contributed by atoms with E-state index in [4.69, 9.17) is 5.73 Å². The fourth-order valence-electron chi connectivity index (χ4n) is 1.75. The highest BCUT2D eigenvalue weighted by atomic mass is 16.6. The molecule has 78 valence electrons. The van der Waals surface area contributed by atoms with Crippen LogP contribution in [-0.4, -0.2) is 21.9 Å². The topological polar surface area (TPSA) is 72.2 Å². The van der Waals surface area contributed by atoms with Crippen LogP contribution in [0, 0.1) is 10.1 Å². The van der Waals surface area contributed by atoms with Gasteiger partial charge in [-0.1, -0.05) is 0 Å². The molecule has 0 aromatic heterocycles. The van der Waals surface area contributed by atoms with Crippen LogP contribution in [0.25, 0.3) is 0 Å². The van der Waals surface area contributed by atoms with Crippen LogP contribution in [0.1, 0.15) is 12.8 Å². The first-order chi connectivity index (χ1) is 7.18. The molecule has 0 bridgehead atoms. The second kappa shape index (κ2) is 3.68. The summed E-state index contributed by atoms with van der Waals surface area (Å²) in [6, 6.07) is 6.47. The quantitative estimate of drug-likeness (QED) is 0.451. The Morgan fingerprint density at radius 1 is 1.33 bits per heavy atom. The van der Waals surface area contributed by atoms with Gasteiger partial charge in [0, 0.05) is 12.1 Å². The van der Waals surface area contributed by atoms with Crippen LogP contribution >= 0.6 is 0 Å². The van der Waals surface area contributed by atoms with E-state index in [2.05, 4.69) is 0 Å². The lowest BCUT2D eigenvalue weighted by Crippen LogP contribution is -2.18. The van der Waals surface area contributed by atoms with Crippen LogP contribution in [0.15, 0.2) is 24.3 Å². The summed E-state index contributed by atoms with van der Waals surface area (Å²) in [5.74, 6) is 0.837. The first-order valence-electron chi connectivity index (χ1n) is 4.82. The van der Waals surface area contributed by atoms with Crippen molar-refractivity contribution in [2.24, 2.45) is 5.73 Å². The number of hydrogen-bond acceptors (Lipinski definition) is 3. The van der Waals surface area contributed by atoms with E-state index in [1.807, 2.05) is 4.58 Å². The zero-order valence-corrected chi connectivity index (χ0v) is 8.22. The van der Waals surface area contributed by atoms with E-state index in [1.54, 1.807) is 12.1 Å². The summed E-state index contributed by atoms with van der Waals surface area (Å²) in [6.45, 7) is 0.893. The number of nitro groups is 1. The predicted molar refractivity (Wildman–Crippen MR) is 56.3 cm³/mol. The summed E-state index contributed by atoms with van der Waals surface area (Å²) in [5.41, 5.74) is 6.85. The smallest absolute Gasteiger partial charge is 0.269 e. The molecular weight excluding hydrogens is 194 g/mol. The second-order valence-corrected chi connectivity index (χ2v) is 3.52. The third-order valence-corrected chi connectivity index (χ3v) is 2.53. The van der Waals surface area contributed by atoms with Crippen molar-refractivity contribution >= 4 is 17.2 Å². The average Bonchev–Trinajstić information content (AvgIpc) is 2.65. The minimum absolute atomic E-state index is 0.108. The monoisotopic (exact) mass is 206 g/mol. The Morgan fingerprint density at radius 2 is 2.00 bits per heavy atom. The molecule has 0 unspecified atom stereocenters. The highest BCUT2D eigenvalue weighted by molar-refractivity contribution is 5.77. The molecular formula is C10H12N3O2+. The normalized spacial score (nSPS) is 15.7. The van der Waals surface area contributed by atoms with Gasteiger partial charge in [0.15, 0.2) is 0 Å². The van der Waals surface area contributed by atoms with Crippen molar-refractivity contribution in [1.82, 2.24) is 0 Å². The molecule has 0 saturated carbocycles. The van der Waals surface area contributed by atoms with E-state index in [0.717, 1.165) is 30.9 Å². The van der Waals surface area contributed by atoms with Gasteiger partial charge in [-0.05, 0) is 18.6 Å². The van der Waals surface area contributed by atoms with Gasteiger partial charge >= 0.3 is 0 Å². The third-order valence-electron chi connectivity index (χ3n) is 2.53. The van der Waals surface area contributed by atoms with Gasteiger partial charge in [-0.3, -0.25) is 15.8 Å². The lowest BCUT2D eigenvalue weighted by atomic mass is 10.3. The molecule has 15 heavy (non-hydrogen) atoms. The van der Waals surface area contributed by atoms with Gasteiger partial charge in [-0.2, -0.15) is 0 Å². The zero-order valence-electron chi connectivity index (χ0n) is 8.22. The molecule has 5 heteroatoms. The minimum Gasteiger partial charge on any atom is -0.291 e. The molecule has 1 aromatic rings. The van der Waals surface area contributed by atoms with E-state index in [9.17, 15) is 10.1 Å². The maximum atomic E-state index is 10.5. The highest BCUT2D eigenvalue weighted by Gasteiger charge is 2.18. The fraction of sp³-hybridized carbons (Fsp3) is 0.300. The van der Waals surface area contributed by atoms with Crippen LogP contribution in [0.4, 0.5) is 11.4 Å². The lowest BCUT2D eigenvalue weighted by Gasteiger charge is -2.01. The van der Waals surface area contributed by atoms with Gasteiger partial charge in [-0.15, -0.1) is 0 Å². The Hall–Kier alpha value is -1.91. The summed E-state index contributed by atoms with van der Waals surface area (Å²) >= 11 is 0. The Morgan fingerprint density at radius 3 is 2.47 bits per heavy atom. The molecule has 0 amide bonds. The number of rotatable bonds is 2. The van der Waals surface area contributed by atoms with Crippen molar-refractivity contribution in [2.75, 3.05) is 6.54 Å². The van der Waals surface area contributed by atoms with E-state index in [0.29, 0.717) is 0 Å². The largest absolute Gasteiger partial charge is 0.291 e. The minimum atomic E-state index is -0.402. The summed E-state index contributed by atoms with van der Waals surface area (Å²) in [7, 11) is 0. The number of nitrogens with zero attached hydrogens (tertiary/aromatic N) is 2. The van der Waals surface area contributed by atoms with E-state index in [1.165, 1.54) is 12.1 Å². The third kappa shape index (κ3) is 1.81. The van der Waals surface area contributed by atoms with Crippen LogP contribution in [-0.2, 0) is 0 Å². The van der Waals surface area contributed by atoms with Crippen molar-refractivity contribution in [1.29, 1.82) is 0 Å². The molecule has 0 spiro atoms. The van der Waals surface area contributed by atoms with Crippen LogP contribution in [0.3, 0.4) is 0 Å². The van der Waals surface area contributed by atoms with Crippen molar-refractivity contribution < 1.29 is 9.50 Å².